The summed E-state index contributed by atoms with van der Waals surface area (Å²) >= 11 is 12.8. The minimum atomic E-state index is -0.330. The lowest BCUT2D eigenvalue weighted by Gasteiger charge is -2.12. The van der Waals surface area contributed by atoms with Gasteiger partial charge in [0, 0.05) is 11.6 Å². The van der Waals surface area contributed by atoms with E-state index in [0.717, 1.165) is 20.3 Å². The van der Waals surface area contributed by atoms with Crippen molar-refractivity contribution in [3.63, 3.8) is 0 Å². The minimum Gasteiger partial charge on any atom is -0.492 e. The standard InChI is InChI=1S/C15H13Br2ClFNO/c1-2-21-15-11(16)5-9(6-12(15)17)8-20-14-7-10(18)3-4-13(14)19/h3-7,20H,2,8H2,1H3. The van der Waals surface area contributed by atoms with Crippen molar-refractivity contribution in [1.82, 2.24) is 0 Å². The SMILES string of the molecule is CCOc1c(Br)cc(CNc2cc(Cl)ccc2F)cc1Br. The Bertz CT molecular complexity index is 629. The number of hydrogen-bond donors (Lipinski definition) is 1. The summed E-state index contributed by atoms with van der Waals surface area (Å²) in [6.07, 6.45) is 0. The van der Waals surface area contributed by atoms with Gasteiger partial charge in [0.25, 0.3) is 0 Å². The van der Waals surface area contributed by atoms with Crippen LogP contribution in [0.15, 0.2) is 39.3 Å². The Balaban J connectivity index is 2.15. The van der Waals surface area contributed by atoms with Crippen molar-refractivity contribution in [3.8, 4) is 5.75 Å². The summed E-state index contributed by atoms with van der Waals surface area (Å²) in [5.74, 6) is 0.429. The molecule has 0 spiro atoms. The van der Waals surface area contributed by atoms with Gasteiger partial charge in [-0.25, -0.2) is 4.39 Å². The second-order valence-corrected chi connectivity index (χ2v) is 6.44. The molecule has 21 heavy (non-hydrogen) atoms. The van der Waals surface area contributed by atoms with Crippen LogP contribution in [0.2, 0.25) is 5.02 Å². The van der Waals surface area contributed by atoms with Gasteiger partial charge in [0.05, 0.1) is 21.2 Å². The van der Waals surface area contributed by atoms with Gasteiger partial charge < -0.3 is 10.1 Å². The summed E-state index contributed by atoms with van der Waals surface area (Å²) in [7, 11) is 0. The number of hydrogen-bond acceptors (Lipinski definition) is 2. The molecule has 112 valence electrons. The highest BCUT2D eigenvalue weighted by Crippen LogP contribution is 2.35. The molecule has 0 aliphatic rings. The van der Waals surface area contributed by atoms with Crippen LogP contribution in [0.5, 0.6) is 5.75 Å². The molecule has 0 unspecified atom stereocenters. The second kappa shape index (κ2) is 7.47. The fraction of sp³-hybridized carbons (Fsp3) is 0.200. The summed E-state index contributed by atoms with van der Waals surface area (Å²) < 4.78 is 20.9. The first-order chi connectivity index (χ1) is 10.0. The van der Waals surface area contributed by atoms with Gasteiger partial charge in [-0.3, -0.25) is 0 Å². The molecule has 0 heterocycles. The molecule has 0 aliphatic heterocycles. The lowest BCUT2D eigenvalue weighted by molar-refractivity contribution is 0.336. The van der Waals surface area contributed by atoms with Gasteiger partial charge in [0.15, 0.2) is 0 Å². The first-order valence-corrected chi connectivity index (χ1v) is 8.27. The van der Waals surface area contributed by atoms with Gasteiger partial charge in [-0.1, -0.05) is 11.6 Å². The van der Waals surface area contributed by atoms with Crippen molar-refractivity contribution >= 4 is 49.1 Å². The van der Waals surface area contributed by atoms with Gasteiger partial charge in [-0.2, -0.15) is 0 Å². The molecule has 0 aliphatic carbocycles. The third kappa shape index (κ3) is 4.34. The Hall–Kier alpha value is -0.780. The van der Waals surface area contributed by atoms with Crippen molar-refractivity contribution in [2.45, 2.75) is 13.5 Å². The predicted molar refractivity (Wildman–Crippen MR) is 91.7 cm³/mol. The average molecular weight is 438 g/mol. The van der Waals surface area contributed by atoms with Crippen LogP contribution in [-0.2, 0) is 6.54 Å². The van der Waals surface area contributed by atoms with Crippen molar-refractivity contribution in [2.75, 3.05) is 11.9 Å². The third-order valence-electron chi connectivity index (χ3n) is 2.76. The molecule has 2 rings (SSSR count). The number of rotatable bonds is 5. The molecule has 2 aromatic carbocycles. The summed E-state index contributed by atoms with van der Waals surface area (Å²) in [6, 6.07) is 8.30. The van der Waals surface area contributed by atoms with E-state index in [-0.39, 0.29) is 5.82 Å². The van der Waals surface area contributed by atoms with Crippen LogP contribution >= 0.6 is 43.5 Å². The van der Waals surface area contributed by atoms with Crippen molar-refractivity contribution in [1.29, 1.82) is 0 Å². The van der Waals surface area contributed by atoms with E-state index < -0.39 is 0 Å². The van der Waals surface area contributed by atoms with Crippen LogP contribution in [0.1, 0.15) is 12.5 Å². The molecule has 1 N–H and O–H groups in total. The molecule has 0 radical (unpaired) electrons. The molecule has 0 atom stereocenters. The smallest absolute Gasteiger partial charge is 0.147 e. The molecule has 0 amide bonds. The Kier molecular flexibility index (Phi) is 5.90. The molecular formula is C15H13Br2ClFNO. The maximum Gasteiger partial charge on any atom is 0.147 e. The Morgan fingerprint density at radius 3 is 2.48 bits per heavy atom. The van der Waals surface area contributed by atoms with E-state index in [0.29, 0.717) is 23.9 Å². The lowest BCUT2D eigenvalue weighted by atomic mass is 10.2. The highest BCUT2D eigenvalue weighted by molar-refractivity contribution is 9.11. The van der Waals surface area contributed by atoms with E-state index in [1.807, 2.05) is 19.1 Å². The molecular weight excluding hydrogens is 424 g/mol. The van der Waals surface area contributed by atoms with Crippen LogP contribution < -0.4 is 10.1 Å². The fourth-order valence-electron chi connectivity index (χ4n) is 1.83. The Labute approximate surface area is 144 Å². The van der Waals surface area contributed by atoms with Crippen LogP contribution in [0.3, 0.4) is 0 Å². The second-order valence-electron chi connectivity index (χ2n) is 4.30. The molecule has 0 fully saturated rings. The molecule has 2 aromatic rings. The molecule has 6 heteroatoms. The average Bonchev–Trinajstić information content (AvgIpc) is 2.44. The molecule has 0 saturated carbocycles. The number of halogens is 4. The highest BCUT2D eigenvalue weighted by atomic mass is 79.9. The number of nitrogens with one attached hydrogen (secondary N) is 1. The first kappa shape index (κ1) is 16.6. The van der Waals surface area contributed by atoms with Gasteiger partial charge >= 0.3 is 0 Å². The Morgan fingerprint density at radius 1 is 1.19 bits per heavy atom. The zero-order chi connectivity index (χ0) is 15.4. The van der Waals surface area contributed by atoms with Crippen LogP contribution in [-0.4, -0.2) is 6.61 Å². The van der Waals surface area contributed by atoms with Crippen LogP contribution in [0, 0.1) is 5.82 Å². The van der Waals surface area contributed by atoms with Gasteiger partial charge in [0.2, 0.25) is 0 Å². The molecule has 0 saturated heterocycles. The maximum absolute atomic E-state index is 13.6. The monoisotopic (exact) mass is 435 g/mol. The number of benzene rings is 2. The van der Waals surface area contributed by atoms with E-state index in [1.165, 1.54) is 12.1 Å². The largest absolute Gasteiger partial charge is 0.492 e. The van der Waals surface area contributed by atoms with Crippen LogP contribution in [0.4, 0.5) is 10.1 Å². The Morgan fingerprint density at radius 2 is 1.86 bits per heavy atom. The summed E-state index contributed by atoms with van der Waals surface area (Å²) in [4.78, 5) is 0. The fourth-order valence-corrected chi connectivity index (χ4v) is 3.51. The van der Waals surface area contributed by atoms with Gasteiger partial charge in [-0.15, -0.1) is 0 Å². The van der Waals surface area contributed by atoms with E-state index >= 15 is 0 Å². The zero-order valence-electron chi connectivity index (χ0n) is 11.2. The van der Waals surface area contributed by atoms with Crippen molar-refractivity contribution in [3.05, 3.63) is 55.7 Å². The summed E-state index contributed by atoms with van der Waals surface area (Å²) in [5, 5.41) is 3.53. The predicted octanol–water partition coefficient (Wildman–Crippen LogP) is 6.01. The zero-order valence-corrected chi connectivity index (χ0v) is 15.1. The first-order valence-electron chi connectivity index (χ1n) is 6.31. The quantitative estimate of drug-likeness (QED) is 0.618. The lowest BCUT2D eigenvalue weighted by Crippen LogP contribution is -2.02. The summed E-state index contributed by atoms with van der Waals surface area (Å²) in [5.41, 5.74) is 1.36. The highest BCUT2D eigenvalue weighted by Gasteiger charge is 2.09. The molecule has 0 bridgehead atoms. The number of anilines is 1. The van der Waals surface area contributed by atoms with E-state index in [9.17, 15) is 4.39 Å². The summed E-state index contributed by atoms with van der Waals surface area (Å²) in [6.45, 7) is 2.99. The third-order valence-corrected chi connectivity index (χ3v) is 4.17. The normalized spacial score (nSPS) is 10.5. The van der Waals surface area contributed by atoms with E-state index in [2.05, 4.69) is 37.2 Å². The van der Waals surface area contributed by atoms with Gasteiger partial charge in [0.1, 0.15) is 11.6 Å². The van der Waals surface area contributed by atoms with Crippen molar-refractivity contribution < 1.29 is 9.13 Å². The minimum absolute atomic E-state index is 0.330. The van der Waals surface area contributed by atoms with Gasteiger partial charge in [-0.05, 0) is 74.7 Å². The number of ether oxygens (including phenoxy) is 1. The maximum atomic E-state index is 13.6. The topological polar surface area (TPSA) is 21.3 Å². The van der Waals surface area contributed by atoms with E-state index in [1.54, 1.807) is 6.07 Å². The van der Waals surface area contributed by atoms with Crippen molar-refractivity contribution in [2.24, 2.45) is 0 Å². The molecule has 2 nitrogen and oxygen atoms in total. The van der Waals surface area contributed by atoms with Crippen LogP contribution in [0.25, 0.3) is 0 Å². The molecule has 0 aromatic heterocycles. The van der Waals surface area contributed by atoms with E-state index in [4.69, 9.17) is 16.3 Å².